The third-order valence-electron chi connectivity index (χ3n) is 6.81. The summed E-state index contributed by atoms with van der Waals surface area (Å²) in [5.74, 6) is 0.679. The van der Waals surface area contributed by atoms with E-state index >= 15 is 0 Å². The van der Waals surface area contributed by atoms with Gasteiger partial charge in [0.25, 0.3) is 5.91 Å². The van der Waals surface area contributed by atoms with Crippen LogP contribution in [0.3, 0.4) is 0 Å². The number of nitrogens with zero attached hydrogens (tertiary/aromatic N) is 2. The number of unbranched alkanes of at least 4 members (excludes halogenated alkanes) is 1. The number of rotatable bonds is 8. The van der Waals surface area contributed by atoms with Crippen LogP contribution in [0, 0.1) is 13.8 Å². The van der Waals surface area contributed by atoms with Gasteiger partial charge in [-0.2, -0.15) is 5.10 Å². The van der Waals surface area contributed by atoms with Crippen molar-refractivity contribution in [2.24, 2.45) is 0 Å². The number of aromatic amines is 1. The molecule has 2 N–H and O–H groups in total. The van der Waals surface area contributed by atoms with Crippen LogP contribution >= 0.6 is 11.6 Å². The SMILES string of the molecule is CCCCOc1cccc(C2c3c(-c4cc(Cl)c(C)cc4O)n[nH]c3C(=O)N2Cc2ccc(C)cc2)c1. The van der Waals surface area contributed by atoms with Gasteiger partial charge < -0.3 is 14.7 Å². The predicted octanol–water partition coefficient (Wildman–Crippen LogP) is 6.98. The predicted molar refractivity (Wildman–Crippen MR) is 145 cm³/mol. The molecule has 1 aliphatic rings. The Labute approximate surface area is 221 Å². The molecule has 1 unspecified atom stereocenters. The summed E-state index contributed by atoms with van der Waals surface area (Å²) >= 11 is 6.42. The average molecular weight is 516 g/mol. The molecule has 190 valence electrons. The number of nitrogens with one attached hydrogen (secondary N) is 1. The first-order chi connectivity index (χ1) is 17.9. The maximum absolute atomic E-state index is 13.7. The Morgan fingerprint density at radius 1 is 1.11 bits per heavy atom. The number of H-pyrrole nitrogens is 1. The van der Waals surface area contributed by atoms with E-state index in [0.29, 0.717) is 35.1 Å². The monoisotopic (exact) mass is 515 g/mol. The lowest BCUT2D eigenvalue weighted by Gasteiger charge is -2.27. The van der Waals surface area contributed by atoms with Crippen molar-refractivity contribution in [1.29, 1.82) is 0 Å². The lowest BCUT2D eigenvalue weighted by Crippen LogP contribution is -2.29. The number of carbonyl (C=O) groups is 1. The molecule has 7 heteroatoms. The molecule has 5 rings (SSSR count). The number of phenolic OH excluding ortho intramolecular Hbond substituents is 1. The first-order valence-electron chi connectivity index (χ1n) is 12.5. The van der Waals surface area contributed by atoms with Crippen LogP contribution in [-0.4, -0.2) is 32.7 Å². The Balaban J connectivity index is 1.62. The molecule has 0 bridgehead atoms. The maximum atomic E-state index is 13.7. The van der Waals surface area contributed by atoms with E-state index < -0.39 is 6.04 Å². The van der Waals surface area contributed by atoms with Crippen LogP contribution in [0.15, 0.2) is 60.7 Å². The third kappa shape index (κ3) is 4.81. The highest BCUT2D eigenvalue weighted by molar-refractivity contribution is 6.31. The minimum atomic E-state index is -0.424. The molecular formula is C30H30ClN3O3. The van der Waals surface area contributed by atoms with Crippen LogP contribution in [0.2, 0.25) is 5.02 Å². The van der Waals surface area contributed by atoms with Crippen LogP contribution in [0.4, 0.5) is 0 Å². The highest BCUT2D eigenvalue weighted by atomic mass is 35.5. The number of aryl methyl sites for hydroxylation is 2. The summed E-state index contributed by atoms with van der Waals surface area (Å²) in [4.78, 5) is 15.6. The molecule has 1 amide bonds. The molecule has 0 aliphatic carbocycles. The number of phenols is 1. The van der Waals surface area contributed by atoms with E-state index in [1.165, 1.54) is 0 Å². The second-order valence-electron chi connectivity index (χ2n) is 9.58. The van der Waals surface area contributed by atoms with Crippen LogP contribution in [0.5, 0.6) is 11.5 Å². The van der Waals surface area contributed by atoms with Gasteiger partial charge in [-0.25, -0.2) is 0 Å². The summed E-state index contributed by atoms with van der Waals surface area (Å²) in [5, 5.41) is 18.8. The lowest BCUT2D eigenvalue weighted by molar-refractivity contribution is 0.0730. The number of hydrogen-bond donors (Lipinski definition) is 2. The summed E-state index contributed by atoms with van der Waals surface area (Å²) in [6, 6.07) is 19.0. The van der Waals surface area contributed by atoms with Gasteiger partial charge >= 0.3 is 0 Å². The Kier molecular flexibility index (Phi) is 6.94. The maximum Gasteiger partial charge on any atom is 0.273 e. The van der Waals surface area contributed by atoms with E-state index in [2.05, 4.69) is 17.1 Å². The smallest absolute Gasteiger partial charge is 0.273 e. The van der Waals surface area contributed by atoms with Crippen molar-refractivity contribution >= 4 is 17.5 Å². The van der Waals surface area contributed by atoms with Crippen molar-refractivity contribution in [2.75, 3.05) is 6.61 Å². The molecule has 4 aromatic rings. The zero-order valence-corrected chi connectivity index (χ0v) is 22.0. The second-order valence-corrected chi connectivity index (χ2v) is 9.98. The Bertz CT molecular complexity index is 1450. The minimum absolute atomic E-state index is 0.0658. The Morgan fingerprint density at radius 3 is 2.65 bits per heavy atom. The van der Waals surface area contributed by atoms with Crippen molar-refractivity contribution in [3.8, 4) is 22.8 Å². The zero-order valence-electron chi connectivity index (χ0n) is 21.2. The number of benzene rings is 3. The van der Waals surface area contributed by atoms with Gasteiger partial charge in [0.2, 0.25) is 0 Å². The number of ether oxygens (including phenoxy) is 1. The lowest BCUT2D eigenvalue weighted by atomic mass is 9.95. The summed E-state index contributed by atoms with van der Waals surface area (Å²) < 4.78 is 5.99. The number of carbonyl (C=O) groups excluding carboxylic acids is 1. The van der Waals surface area contributed by atoms with E-state index in [1.807, 2.05) is 67.3 Å². The number of hydrogen-bond acceptors (Lipinski definition) is 4. The van der Waals surface area contributed by atoms with Crippen LogP contribution in [0.1, 0.15) is 64.1 Å². The summed E-state index contributed by atoms with van der Waals surface area (Å²) in [7, 11) is 0. The molecule has 37 heavy (non-hydrogen) atoms. The van der Waals surface area contributed by atoms with Gasteiger partial charge in [-0.15, -0.1) is 0 Å². The number of halogens is 1. The fourth-order valence-corrected chi connectivity index (χ4v) is 4.93. The second kappa shape index (κ2) is 10.3. The summed E-state index contributed by atoms with van der Waals surface area (Å²) in [5.41, 5.74) is 6.00. The Hall–Kier alpha value is -3.77. The summed E-state index contributed by atoms with van der Waals surface area (Å²) in [6.07, 6.45) is 2.01. The molecule has 0 radical (unpaired) electrons. The van der Waals surface area contributed by atoms with Gasteiger partial charge in [0, 0.05) is 22.7 Å². The zero-order chi connectivity index (χ0) is 26.1. The molecule has 1 aliphatic heterocycles. The number of aromatic nitrogens is 2. The number of aromatic hydroxyl groups is 1. The molecular weight excluding hydrogens is 486 g/mol. The highest BCUT2D eigenvalue weighted by Crippen LogP contribution is 2.46. The molecule has 6 nitrogen and oxygen atoms in total. The molecule has 0 saturated heterocycles. The molecule has 2 heterocycles. The minimum Gasteiger partial charge on any atom is -0.507 e. The number of fused-ring (bicyclic) bond motifs is 1. The van der Waals surface area contributed by atoms with Crippen LogP contribution in [0.25, 0.3) is 11.3 Å². The van der Waals surface area contributed by atoms with Crippen molar-refractivity contribution in [3.05, 3.63) is 99.2 Å². The molecule has 1 aromatic heterocycles. The van der Waals surface area contributed by atoms with Crippen molar-refractivity contribution in [3.63, 3.8) is 0 Å². The summed E-state index contributed by atoms with van der Waals surface area (Å²) in [6.45, 7) is 7.06. The van der Waals surface area contributed by atoms with Gasteiger partial charge in [-0.3, -0.25) is 9.89 Å². The van der Waals surface area contributed by atoms with Gasteiger partial charge in [-0.1, -0.05) is 66.9 Å². The van der Waals surface area contributed by atoms with Crippen LogP contribution < -0.4 is 4.74 Å². The molecule has 3 aromatic carbocycles. The first-order valence-corrected chi connectivity index (χ1v) is 12.9. The topological polar surface area (TPSA) is 78.5 Å². The fraction of sp³-hybridized carbons (Fsp3) is 0.267. The average Bonchev–Trinajstić information content (AvgIpc) is 3.42. The van der Waals surface area contributed by atoms with E-state index in [1.54, 1.807) is 12.1 Å². The van der Waals surface area contributed by atoms with E-state index in [-0.39, 0.29) is 11.7 Å². The largest absolute Gasteiger partial charge is 0.507 e. The fourth-order valence-electron chi connectivity index (χ4n) is 4.77. The van der Waals surface area contributed by atoms with E-state index in [0.717, 1.165) is 46.4 Å². The van der Waals surface area contributed by atoms with Gasteiger partial charge in [0.05, 0.1) is 12.6 Å². The highest BCUT2D eigenvalue weighted by Gasteiger charge is 2.42. The molecule has 0 fully saturated rings. The van der Waals surface area contributed by atoms with Gasteiger partial charge in [-0.05, 0) is 61.2 Å². The van der Waals surface area contributed by atoms with E-state index in [4.69, 9.17) is 16.3 Å². The molecule has 0 spiro atoms. The molecule has 1 atom stereocenters. The first kappa shape index (κ1) is 24.9. The van der Waals surface area contributed by atoms with Crippen molar-refractivity contribution in [2.45, 2.75) is 46.2 Å². The van der Waals surface area contributed by atoms with E-state index in [9.17, 15) is 9.90 Å². The van der Waals surface area contributed by atoms with Crippen molar-refractivity contribution in [1.82, 2.24) is 15.1 Å². The standard InChI is InChI=1S/C30H30ClN3O3/c1-4-5-13-37-22-8-6-7-21(15-22)29-26-27(23-16-24(31)19(3)14-25(23)35)32-33-28(26)30(36)34(29)17-20-11-9-18(2)10-12-20/h6-12,14-16,29,35H,4-5,13,17H2,1-3H3,(H,32,33). The van der Waals surface area contributed by atoms with Gasteiger partial charge in [0.1, 0.15) is 22.9 Å². The molecule has 0 saturated carbocycles. The third-order valence-corrected chi connectivity index (χ3v) is 7.22. The normalized spacial score (nSPS) is 14.8. The Morgan fingerprint density at radius 2 is 1.89 bits per heavy atom. The quantitative estimate of drug-likeness (QED) is 0.248. The number of amides is 1. The van der Waals surface area contributed by atoms with Gasteiger partial charge in [0.15, 0.2) is 0 Å². The van der Waals surface area contributed by atoms with Crippen molar-refractivity contribution < 1.29 is 14.6 Å². The van der Waals surface area contributed by atoms with Crippen LogP contribution in [-0.2, 0) is 6.54 Å².